The predicted octanol–water partition coefficient (Wildman–Crippen LogP) is 3.54. The summed E-state index contributed by atoms with van der Waals surface area (Å²) in [7, 11) is 0. The largest absolute Gasteiger partial charge is 0.442 e. The van der Waals surface area contributed by atoms with Crippen LogP contribution in [0.5, 0.6) is 0 Å². The third kappa shape index (κ3) is 3.50. The third-order valence-electron chi connectivity index (χ3n) is 4.24. The number of nitrogens with one attached hydrogen (secondary N) is 1. The van der Waals surface area contributed by atoms with Crippen LogP contribution in [0.25, 0.3) is 11.5 Å². The van der Waals surface area contributed by atoms with Gasteiger partial charge in [0, 0.05) is 23.9 Å². The summed E-state index contributed by atoms with van der Waals surface area (Å²) >= 11 is 0. The summed E-state index contributed by atoms with van der Waals surface area (Å²) in [4.78, 5) is 21.0. The lowest BCUT2D eigenvalue weighted by Gasteiger charge is -2.19. The Kier molecular flexibility index (Phi) is 4.63. The molecule has 1 unspecified atom stereocenters. The zero-order valence-electron chi connectivity index (χ0n) is 14.9. The van der Waals surface area contributed by atoms with Crippen molar-refractivity contribution >= 4 is 17.6 Å². The van der Waals surface area contributed by atoms with Gasteiger partial charge in [0.1, 0.15) is 23.1 Å². The fraction of sp³-hybridized carbons (Fsp3) is 0.105. The molecule has 0 aliphatic rings. The highest BCUT2D eigenvalue weighted by molar-refractivity contribution is 5.71. The maximum absolute atomic E-state index is 13.4. The molecule has 0 bridgehead atoms. The van der Waals surface area contributed by atoms with Crippen LogP contribution in [-0.2, 0) is 0 Å². The van der Waals surface area contributed by atoms with E-state index in [4.69, 9.17) is 10.2 Å². The highest BCUT2D eigenvalue weighted by atomic mass is 19.1. The molecule has 0 radical (unpaired) electrons. The van der Waals surface area contributed by atoms with E-state index in [2.05, 4.69) is 30.2 Å². The van der Waals surface area contributed by atoms with Gasteiger partial charge in [-0.25, -0.2) is 19.3 Å². The molecule has 0 aliphatic carbocycles. The van der Waals surface area contributed by atoms with Crippen molar-refractivity contribution in [2.75, 3.05) is 11.1 Å². The molecule has 0 saturated carbocycles. The normalized spacial score (nSPS) is 11.9. The quantitative estimate of drug-likeness (QED) is 0.542. The van der Waals surface area contributed by atoms with Gasteiger partial charge in [0.15, 0.2) is 12.2 Å². The molecule has 0 saturated heterocycles. The van der Waals surface area contributed by atoms with E-state index in [0.717, 1.165) is 5.56 Å². The fourth-order valence-electron chi connectivity index (χ4n) is 2.92. The van der Waals surface area contributed by atoms with Crippen LogP contribution in [0.3, 0.4) is 0 Å². The van der Waals surface area contributed by atoms with Gasteiger partial charge < -0.3 is 15.5 Å². The van der Waals surface area contributed by atoms with Crippen LogP contribution in [-0.4, -0.2) is 24.9 Å². The first-order chi connectivity index (χ1) is 13.6. The zero-order chi connectivity index (χ0) is 19.5. The Bertz CT molecular complexity index is 1070. The fourth-order valence-corrected chi connectivity index (χ4v) is 2.92. The Hall–Kier alpha value is -3.88. The molecule has 0 aliphatic heterocycles. The number of aromatic nitrogens is 5. The van der Waals surface area contributed by atoms with Crippen LogP contribution in [0.15, 0.2) is 59.9 Å². The molecule has 140 valence electrons. The van der Waals surface area contributed by atoms with Crippen molar-refractivity contribution in [2.24, 2.45) is 0 Å². The molecule has 0 spiro atoms. The first kappa shape index (κ1) is 17.5. The Morgan fingerprint density at radius 1 is 1.07 bits per heavy atom. The zero-order valence-corrected chi connectivity index (χ0v) is 14.9. The second-order valence-electron chi connectivity index (χ2n) is 6.05. The van der Waals surface area contributed by atoms with Crippen molar-refractivity contribution in [1.29, 1.82) is 0 Å². The molecule has 28 heavy (non-hydrogen) atoms. The molecule has 4 aromatic rings. The van der Waals surface area contributed by atoms with Crippen molar-refractivity contribution in [3.05, 3.63) is 72.4 Å². The lowest BCUT2D eigenvalue weighted by molar-refractivity contribution is 0.568. The number of benzene rings is 1. The summed E-state index contributed by atoms with van der Waals surface area (Å²) in [5, 5.41) is 3.14. The Morgan fingerprint density at radius 2 is 1.89 bits per heavy atom. The standard InChI is InChI=1S/C19H16FN7O/c1-11(12-2-4-13(20)5-3-12)16-17(14-8-23-10-28-14)26-19(21)27-18(16)25-15-9-22-6-7-24-15/h2-11H,1H3,(H3,21,24,25,26,27). The molecule has 3 heterocycles. The minimum absolute atomic E-state index is 0.0628. The minimum Gasteiger partial charge on any atom is -0.442 e. The number of hydrogen-bond donors (Lipinski definition) is 2. The molecule has 1 aromatic carbocycles. The monoisotopic (exact) mass is 377 g/mol. The van der Waals surface area contributed by atoms with Crippen molar-refractivity contribution in [3.63, 3.8) is 0 Å². The molecule has 3 aromatic heterocycles. The highest BCUT2D eigenvalue weighted by Crippen LogP contribution is 2.37. The van der Waals surface area contributed by atoms with Gasteiger partial charge >= 0.3 is 0 Å². The van der Waals surface area contributed by atoms with Gasteiger partial charge in [-0.1, -0.05) is 19.1 Å². The number of halogens is 1. The van der Waals surface area contributed by atoms with E-state index in [0.29, 0.717) is 28.7 Å². The number of nitrogens with two attached hydrogens (primary N) is 1. The Balaban J connectivity index is 1.88. The van der Waals surface area contributed by atoms with E-state index >= 15 is 0 Å². The van der Waals surface area contributed by atoms with Crippen LogP contribution < -0.4 is 11.1 Å². The van der Waals surface area contributed by atoms with Gasteiger partial charge in [-0.2, -0.15) is 4.98 Å². The Labute approximate surface area is 159 Å². The van der Waals surface area contributed by atoms with Crippen LogP contribution in [0.4, 0.5) is 22.0 Å². The first-order valence-corrected chi connectivity index (χ1v) is 8.46. The number of nitrogens with zero attached hydrogens (tertiary/aromatic N) is 5. The highest BCUT2D eigenvalue weighted by Gasteiger charge is 2.24. The van der Waals surface area contributed by atoms with Crippen LogP contribution in [0.1, 0.15) is 24.0 Å². The summed E-state index contributed by atoms with van der Waals surface area (Å²) in [6, 6.07) is 6.25. The van der Waals surface area contributed by atoms with Crippen LogP contribution in [0.2, 0.25) is 0 Å². The second kappa shape index (κ2) is 7.39. The van der Waals surface area contributed by atoms with Gasteiger partial charge in [-0.05, 0) is 17.7 Å². The lowest BCUT2D eigenvalue weighted by atomic mass is 9.91. The second-order valence-corrected chi connectivity index (χ2v) is 6.05. The molecule has 0 fully saturated rings. The van der Waals surface area contributed by atoms with Crippen LogP contribution in [0, 0.1) is 5.82 Å². The molecular formula is C19H16FN7O. The predicted molar refractivity (Wildman–Crippen MR) is 101 cm³/mol. The summed E-state index contributed by atoms with van der Waals surface area (Å²) in [6.07, 6.45) is 7.57. The number of hydrogen-bond acceptors (Lipinski definition) is 8. The Morgan fingerprint density at radius 3 is 2.57 bits per heavy atom. The van der Waals surface area contributed by atoms with E-state index < -0.39 is 0 Å². The van der Waals surface area contributed by atoms with Gasteiger partial charge in [0.05, 0.1) is 12.4 Å². The molecule has 3 N–H and O–H groups in total. The smallest absolute Gasteiger partial charge is 0.222 e. The molecule has 4 rings (SSSR count). The molecule has 8 nitrogen and oxygen atoms in total. The van der Waals surface area contributed by atoms with Gasteiger partial charge in [-0.3, -0.25) is 4.98 Å². The molecule has 0 amide bonds. The molecule has 9 heteroatoms. The maximum Gasteiger partial charge on any atom is 0.222 e. The first-order valence-electron chi connectivity index (χ1n) is 8.46. The van der Waals surface area contributed by atoms with E-state index in [1.807, 2.05) is 6.92 Å². The SMILES string of the molecule is CC(c1ccc(F)cc1)c1c(Nc2cnccn2)nc(N)nc1-c1cnco1. The van der Waals surface area contributed by atoms with E-state index in [1.165, 1.54) is 18.5 Å². The summed E-state index contributed by atoms with van der Waals surface area (Å²) < 4.78 is 18.8. The average molecular weight is 377 g/mol. The van der Waals surface area contributed by atoms with Crippen molar-refractivity contribution in [2.45, 2.75) is 12.8 Å². The van der Waals surface area contributed by atoms with Gasteiger partial charge in [0.25, 0.3) is 0 Å². The summed E-state index contributed by atoms with van der Waals surface area (Å²) in [5.74, 6) is 0.944. The topological polar surface area (TPSA) is 116 Å². The van der Waals surface area contributed by atoms with Gasteiger partial charge in [-0.15, -0.1) is 0 Å². The number of oxazole rings is 1. The summed E-state index contributed by atoms with van der Waals surface area (Å²) in [5.41, 5.74) is 8.01. The van der Waals surface area contributed by atoms with Crippen molar-refractivity contribution in [3.8, 4) is 11.5 Å². The van der Waals surface area contributed by atoms with Crippen LogP contribution >= 0.6 is 0 Å². The number of anilines is 3. The van der Waals surface area contributed by atoms with E-state index in [9.17, 15) is 4.39 Å². The molecular weight excluding hydrogens is 361 g/mol. The minimum atomic E-state index is -0.308. The van der Waals surface area contributed by atoms with Crippen molar-refractivity contribution < 1.29 is 8.81 Å². The number of rotatable bonds is 5. The van der Waals surface area contributed by atoms with E-state index in [1.54, 1.807) is 36.9 Å². The lowest BCUT2D eigenvalue weighted by Crippen LogP contribution is -2.11. The molecule has 1 atom stereocenters. The van der Waals surface area contributed by atoms with E-state index in [-0.39, 0.29) is 17.7 Å². The number of nitrogen functional groups attached to an aromatic ring is 1. The van der Waals surface area contributed by atoms with Crippen molar-refractivity contribution in [1.82, 2.24) is 24.9 Å². The summed E-state index contributed by atoms with van der Waals surface area (Å²) in [6.45, 7) is 1.96. The van der Waals surface area contributed by atoms with Gasteiger partial charge in [0.2, 0.25) is 5.95 Å². The third-order valence-corrected chi connectivity index (χ3v) is 4.24. The maximum atomic E-state index is 13.4. The average Bonchev–Trinajstić information content (AvgIpc) is 3.23.